The van der Waals surface area contributed by atoms with Crippen LogP contribution in [0.3, 0.4) is 0 Å². The molecular weight excluding hydrogens is 383 g/mol. The second-order valence-electron chi connectivity index (χ2n) is 8.23. The van der Waals surface area contributed by atoms with Crippen molar-refractivity contribution in [1.82, 2.24) is 0 Å². The summed E-state index contributed by atoms with van der Waals surface area (Å²) < 4.78 is 23.8. The van der Waals surface area contributed by atoms with Gasteiger partial charge >= 0.3 is 0 Å². The van der Waals surface area contributed by atoms with Crippen LogP contribution in [0.4, 0.5) is 0 Å². The van der Waals surface area contributed by atoms with Gasteiger partial charge in [-0.1, -0.05) is 50.8 Å². The van der Waals surface area contributed by atoms with Gasteiger partial charge in [-0.05, 0) is 36.1 Å². The molecule has 0 bridgehead atoms. The molecule has 5 heteroatoms. The normalized spacial score (nSPS) is 22.6. The molecule has 0 aromatic heterocycles. The number of rotatable bonds is 4. The summed E-state index contributed by atoms with van der Waals surface area (Å²) in [6, 6.07) is 14.4. The van der Waals surface area contributed by atoms with Crippen molar-refractivity contribution in [2.24, 2.45) is 0 Å². The summed E-state index contributed by atoms with van der Waals surface area (Å²) in [6.07, 6.45) is 1.55. The van der Waals surface area contributed by atoms with Crippen molar-refractivity contribution in [3.8, 4) is 22.6 Å². The standard InChI is InChI=1S/C24H29O4P/c1-17-15-24(27-13-14-28-24)16-23(2,3)29(17)22-20(26-5)12-11-19(25-4)21(22)18-9-7-6-8-10-18/h6-12H,1,13-16H2,2-5H3. The Morgan fingerprint density at radius 1 is 0.931 bits per heavy atom. The van der Waals surface area contributed by atoms with E-state index in [2.05, 4.69) is 44.7 Å². The zero-order valence-electron chi connectivity index (χ0n) is 17.7. The summed E-state index contributed by atoms with van der Waals surface area (Å²) in [5, 5.41) is 2.29. The SMILES string of the molecule is C=C1CC2(CC(C)(C)P1c1c(OC)ccc(OC)c1-c1ccccc1)OCCO2. The van der Waals surface area contributed by atoms with Crippen LogP contribution in [0.15, 0.2) is 54.4 Å². The Morgan fingerprint density at radius 3 is 2.14 bits per heavy atom. The third-order valence-corrected chi connectivity index (χ3v) is 8.79. The molecule has 1 spiro atoms. The van der Waals surface area contributed by atoms with E-state index in [1.807, 2.05) is 18.2 Å². The van der Waals surface area contributed by atoms with Crippen LogP contribution in [0.25, 0.3) is 11.1 Å². The fourth-order valence-electron chi connectivity index (χ4n) is 4.77. The average molecular weight is 412 g/mol. The first kappa shape index (κ1) is 20.4. The van der Waals surface area contributed by atoms with Gasteiger partial charge < -0.3 is 18.9 Å². The van der Waals surface area contributed by atoms with Gasteiger partial charge in [0.25, 0.3) is 0 Å². The molecule has 4 nitrogen and oxygen atoms in total. The van der Waals surface area contributed by atoms with Crippen molar-refractivity contribution in [1.29, 1.82) is 0 Å². The number of methoxy groups -OCH3 is 2. The molecular formula is C24H29O4P. The van der Waals surface area contributed by atoms with Crippen molar-refractivity contribution >= 4 is 13.2 Å². The van der Waals surface area contributed by atoms with Crippen LogP contribution in [0.5, 0.6) is 11.5 Å². The summed E-state index contributed by atoms with van der Waals surface area (Å²) in [7, 11) is 2.69. The number of ether oxygens (including phenoxy) is 4. The summed E-state index contributed by atoms with van der Waals surface area (Å²) in [5.41, 5.74) is 2.22. The monoisotopic (exact) mass is 412 g/mol. The highest BCUT2D eigenvalue weighted by atomic mass is 31.1. The largest absolute Gasteiger partial charge is 0.496 e. The molecule has 2 fully saturated rings. The highest BCUT2D eigenvalue weighted by Crippen LogP contribution is 2.67. The maximum absolute atomic E-state index is 6.06. The van der Waals surface area contributed by atoms with Crippen molar-refractivity contribution in [2.45, 2.75) is 37.6 Å². The van der Waals surface area contributed by atoms with E-state index in [1.165, 1.54) is 10.6 Å². The zero-order chi connectivity index (χ0) is 20.6. The van der Waals surface area contributed by atoms with Crippen LogP contribution in [-0.2, 0) is 9.47 Å². The van der Waals surface area contributed by atoms with Crippen molar-refractivity contribution in [3.63, 3.8) is 0 Å². The van der Waals surface area contributed by atoms with E-state index in [0.717, 1.165) is 35.5 Å². The van der Waals surface area contributed by atoms with E-state index in [0.29, 0.717) is 13.2 Å². The van der Waals surface area contributed by atoms with Crippen molar-refractivity contribution in [2.75, 3.05) is 27.4 Å². The van der Waals surface area contributed by atoms with E-state index >= 15 is 0 Å². The third-order valence-electron chi connectivity index (χ3n) is 5.74. The van der Waals surface area contributed by atoms with E-state index in [9.17, 15) is 0 Å². The molecule has 1 atom stereocenters. The topological polar surface area (TPSA) is 36.9 Å². The Hall–Kier alpha value is -1.87. The molecule has 1 unspecified atom stereocenters. The molecule has 2 saturated heterocycles. The Kier molecular flexibility index (Phi) is 5.46. The van der Waals surface area contributed by atoms with E-state index < -0.39 is 13.7 Å². The second kappa shape index (κ2) is 7.75. The lowest BCUT2D eigenvalue weighted by Crippen LogP contribution is -2.44. The van der Waals surface area contributed by atoms with Crippen LogP contribution in [-0.4, -0.2) is 38.4 Å². The molecule has 0 aliphatic carbocycles. The molecule has 2 heterocycles. The fourth-order valence-corrected chi connectivity index (χ4v) is 8.20. The molecule has 2 aliphatic rings. The van der Waals surface area contributed by atoms with Crippen LogP contribution in [0.2, 0.25) is 0 Å². The third kappa shape index (κ3) is 3.59. The maximum atomic E-state index is 6.06. The smallest absolute Gasteiger partial charge is 0.173 e. The molecule has 0 amide bonds. The molecule has 154 valence electrons. The molecule has 0 radical (unpaired) electrons. The van der Waals surface area contributed by atoms with Gasteiger partial charge in [0.2, 0.25) is 0 Å². The molecule has 0 saturated carbocycles. The molecule has 4 rings (SSSR count). The highest BCUT2D eigenvalue weighted by Gasteiger charge is 2.52. The Bertz CT molecular complexity index is 901. The first-order chi connectivity index (χ1) is 13.9. The summed E-state index contributed by atoms with van der Waals surface area (Å²) in [4.78, 5) is 0. The van der Waals surface area contributed by atoms with E-state index in [1.54, 1.807) is 14.2 Å². The predicted octanol–water partition coefficient (Wildman–Crippen LogP) is 5.31. The molecule has 2 aromatic rings. The van der Waals surface area contributed by atoms with Crippen molar-refractivity contribution in [3.05, 3.63) is 54.4 Å². The summed E-state index contributed by atoms with van der Waals surface area (Å²) in [5.74, 6) is 1.21. The summed E-state index contributed by atoms with van der Waals surface area (Å²) in [6.45, 7) is 10.4. The van der Waals surface area contributed by atoms with Gasteiger partial charge in [0, 0.05) is 23.7 Å². The molecule has 2 aromatic carbocycles. The van der Waals surface area contributed by atoms with Gasteiger partial charge in [0.15, 0.2) is 5.79 Å². The summed E-state index contributed by atoms with van der Waals surface area (Å²) >= 11 is 0. The number of hydrogen-bond acceptors (Lipinski definition) is 4. The lowest BCUT2D eigenvalue weighted by Gasteiger charge is -2.48. The van der Waals surface area contributed by atoms with Gasteiger partial charge in [0.1, 0.15) is 11.5 Å². The van der Waals surface area contributed by atoms with Gasteiger partial charge in [-0.15, -0.1) is 0 Å². The maximum Gasteiger partial charge on any atom is 0.173 e. The second-order valence-corrected chi connectivity index (χ2v) is 11.2. The average Bonchev–Trinajstić information content (AvgIpc) is 3.13. The lowest BCUT2D eigenvalue weighted by molar-refractivity contribution is -0.165. The minimum atomic E-state index is -0.766. The quantitative estimate of drug-likeness (QED) is 0.638. The Balaban J connectivity index is 1.91. The van der Waals surface area contributed by atoms with Gasteiger partial charge in [-0.2, -0.15) is 0 Å². The molecule has 29 heavy (non-hydrogen) atoms. The van der Waals surface area contributed by atoms with Crippen LogP contribution < -0.4 is 14.8 Å². The van der Waals surface area contributed by atoms with Crippen molar-refractivity contribution < 1.29 is 18.9 Å². The minimum absolute atomic E-state index is 0.0712. The van der Waals surface area contributed by atoms with Gasteiger partial charge in [-0.25, -0.2) is 0 Å². The number of hydrogen-bond donors (Lipinski definition) is 0. The van der Waals surface area contributed by atoms with Crippen LogP contribution in [0.1, 0.15) is 26.7 Å². The first-order valence-electron chi connectivity index (χ1n) is 9.97. The zero-order valence-corrected chi connectivity index (χ0v) is 18.6. The molecule has 2 aliphatic heterocycles. The minimum Gasteiger partial charge on any atom is -0.496 e. The predicted molar refractivity (Wildman–Crippen MR) is 119 cm³/mol. The van der Waals surface area contributed by atoms with E-state index in [4.69, 9.17) is 18.9 Å². The lowest BCUT2D eigenvalue weighted by atomic mass is 9.97. The van der Waals surface area contributed by atoms with Crippen LogP contribution >= 0.6 is 7.92 Å². The van der Waals surface area contributed by atoms with E-state index in [-0.39, 0.29) is 5.16 Å². The highest BCUT2D eigenvalue weighted by molar-refractivity contribution is 7.71. The Morgan fingerprint density at radius 2 is 1.55 bits per heavy atom. The Labute approximate surface area is 174 Å². The van der Waals surface area contributed by atoms with Gasteiger partial charge in [-0.3, -0.25) is 0 Å². The first-order valence-corrected chi connectivity index (χ1v) is 11.3. The van der Waals surface area contributed by atoms with Gasteiger partial charge in [0.05, 0.1) is 27.4 Å². The van der Waals surface area contributed by atoms with Crippen LogP contribution in [0, 0.1) is 0 Å². The number of benzene rings is 2. The molecule has 0 N–H and O–H groups in total. The fraction of sp³-hybridized carbons (Fsp3) is 0.417.